The van der Waals surface area contributed by atoms with Gasteiger partial charge in [-0.05, 0) is 54.7 Å². The Morgan fingerprint density at radius 1 is 1.10 bits per heavy atom. The van der Waals surface area contributed by atoms with Crippen LogP contribution < -0.4 is 5.32 Å². The highest BCUT2D eigenvalue weighted by atomic mass is 19.1. The van der Waals surface area contributed by atoms with E-state index in [1.165, 1.54) is 37.7 Å². The van der Waals surface area contributed by atoms with E-state index in [0.717, 1.165) is 0 Å². The molecule has 1 N–H and O–H groups in total. The van der Waals surface area contributed by atoms with Gasteiger partial charge in [-0.25, -0.2) is 4.39 Å². The van der Waals surface area contributed by atoms with Crippen LogP contribution in [0, 0.1) is 17.2 Å². The van der Waals surface area contributed by atoms with Crippen molar-refractivity contribution in [3.05, 3.63) is 35.6 Å². The normalized spacial score (nSPS) is 23.8. The van der Waals surface area contributed by atoms with Gasteiger partial charge < -0.3 is 5.32 Å². The molecule has 21 heavy (non-hydrogen) atoms. The minimum absolute atomic E-state index is 0.155. The number of rotatable bonds is 4. The molecule has 1 fully saturated rings. The Morgan fingerprint density at radius 2 is 1.76 bits per heavy atom. The predicted octanol–water partition coefficient (Wildman–Crippen LogP) is 5.47. The van der Waals surface area contributed by atoms with Crippen LogP contribution in [0.15, 0.2) is 24.3 Å². The lowest BCUT2D eigenvalue weighted by Crippen LogP contribution is -2.35. The Labute approximate surface area is 129 Å². The maximum atomic E-state index is 13.1. The second-order valence-corrected chi connectivity index (χ2v) is 7.73. The van der Waals surface area contributed by atoms with Crippen molar-refractivity contribution >= 4 is 0 Å². The van der Waals surface area contributed by atoms with Crippen LogP contribution in [0.5, 0.6) is 0 Å². The number of benzene rings is 1. The number of hydrogen-bond acceptors (Lipinski definition) is 1. The molecular formula is C19H30FN. The van der Waals surface area contributed by atoms with Crippen LogP contribution >= 0.6 is 0 Å². The smallest absolute Gasteiger partial charge is 0.123 e. The Morgan fingerprint density at radius 3 is 2.38 bits per heavy atom. The highest BCUT2D eigenvalue weighted by molar-refractivity contribution is 5.20. The largest absolute Gasteiger partial charge is 0.307 e. The van der Waals surface area contributed by atoms with E-state index >= 15 is 0 Å². The van der Waals surface area contributed by atoms with Gasteiger partial charge in [-0.2, -0.15) is 0 Å². The Balaban J connectivity index is 2.04. The monoisotopic (exact) mass is 291 g/mol. The molecule has 2 atom stereocenters. The molecule has 0 bridgehead atoms. The van der Waals surface area contributed by atoms with Gasteiger partial charge in [0.15, 0.2) is 0 Å². The molecule has 1 aliphatic rings. The molecule has 0 heterocycles. The van der Waals surface area contributed by atoms with E-state index in [1.54, 1.807) is 12.1 Å². The third-order valence-corrected chi connectivity index (χ3v) is 4.89. The third-order valence-electron chi connectivity index (χ3n) is 4.89. The van der Waals surface area contributed by atoms with Crippen LogP contribution in [0.1, 0.15) is 71.4 Å². The van der Waals surface area contributed by atoms with E-state index in [1.807, 2.05) is 12.1 Å². The average molecular weight is 291 g/mol. The van der Waals surface area contributed by atoms with Crippen molar-refractivity contribution < 1.29 is 4.39 Å². The average Bonchev–Trinajstić information content (AvgIpc) is 2.58. The molecule has 1 nitrogen and oxygen atoms in total. The van der Waals surface area contributed by atoms with Gasteiger partial charge in [0.25, 0.3) is 0 Å². The van der Waals surface area contributed by atoms with Crippen LogP contribution in [0.3, 0.4) is 0 Å². The lowest BCUT2D eigenvalue weighted by molar-refractivity contribution is 0.299. The van der Waals surface area contributed by atoms with Crippen molar-refractivity contribution in [2.24, 2.45) is 11.3 Å². The topological polar surface area (TPSA) is 12.0 Å². The molecule has 1 saturated carbocycles. The van der Waals surface area contributed by atoms with E-state index in [4.69, 9.17) is 0 Å². The molecule has 1 aliphatic carbocycles. The van der Waals surface area contributed by atoms with Crippen molar-refractivity contribution in [3.8, 4) is 0 Å². The predicted molar refractivity (Wildman–Crippen MR) is 87.8 cm³/mol. The molecule has 118 valence electrons. The van der Waals surface area contributed by atoms with Gasteiger partial charge >= 0.3 is 0 Å². The minimum atomic E-state index is -0.155. The quantitative estimate of drug-likeness (QED) is 0.725. The van der Waals surface area contributed by atoms with Gasteiger partial charge in [-0.3, -0.25) is 0 Å². The van der Waals surface area contributed by atoms with Crippen molar-refractivity contribution in [2.75, 3.05) is 0 Å². The molecule has 0 aliphatic heterocycles. The number of nitrogens with one attached hydrogen (secondary N) is 1. The van der Waals surface area contributed by atoms with Gasteiger partial charge in [-0.15, -0.1) is 0 Å². The maximum Gasteiger partial charge on any atom is 0.123 e. The highest BCUT2D eigenvalue weighted by Gasteiger charge is 2.26. The zero-order valence-electron chi connectivity index (χ0n) is 14.0. The molecule has 0 aromatic heterocycles. The summed E-state index contributed by atoms with van der Waals surface area (Å²) in [6.07, 6.45) is 6.43. The van der Waals surface area contributed by atoms with E-state index in [2.05, 4.69) is 33.0 Å². The SMILES string of the molecule is CC(C)C(NC1CCCC(C)(C)CC1)c1ccc(F)cc1. The van der Waals surface area contributed by atoms with Crippen molar-refractivity contribution in [3.63, 3.8) is 0 Å². The summed E-state index contributed by atoms with van der Waals surface area (Å²) in [5.41, 5.74) is 1.69. The lowest BCUT2D eigenvalue weighted by atomic mass is 9.85. The minimum Gasteiger partial charge on any atom is -0.307 e. The van der Waals surface area contributed by atoms with Crippen LogP contribution in [0.2, 0.25) is 0 Å². The first-order chi connectivity index (χ1) is 9.87. The van der Waals surface area contributed by atoms with E-state index in [-0.39, 0.29) is 5.82 Å². The first kappa shape index (κ1) is 16.5. The first-order valence-electron chi connectivity index (χ1n) is 8.39. The van der Waals surface area contributed by atoms with Gasteiger partial charge in [0.1, 0.15) is 5.82 Å². The number of halogens is 1. The molecule has 0 amide bonds. The fourth-order valence-corrected chi connectivity index (χ4v) is 3.43. The van der Waals surface area contributed by atoms with Crippen molar-refractivity contribution in [1.29, 1.82) is 0 Å². The van der Waals surface area contributed by atoms with E-state index in [0.29, 0.717) is 23.4 Å². The summed E-state index contributed by atoms with van der Waals surface area (Å²) in [5.74, 6) is 0.351. The standard InChI is InChI=1S/C19H30FN/c1-14(2)18(15-7-9-16(20)10-8-15)21-17-6-5-12-19(3,4)13-11-17/h7-10,14,17-18,21H,5-6,11-13H2,1-4H3. The first-order valence-corrected chi connectivity index (χ1v) is 8.39. The van der Waals surface area contributed by atoms with Gasteiger partial charge in [0.2, 0.25) is 0 Å². The Bertz CT molecular complexity index is 435. The van der Waals surface area contributed by atoms with E-state index in [9.17, 15) is 4.39 Å². The summed E-state index contributed by atoms with van der Waals surface area (Å²) in [7, 11) is 0. The van der Waals surface area contributed by atoms with E-state index < -0.39 is 0 Å². The second kappa shape index (κ2) is 6.91. The molecular weight excluding hydrogens is 261 g/mol. The van der Waals surface area contributed by atoms with Gasteiger partial charge in [-0.1, -0.05) is 46.2 Å². The summed E-state index contributed by atoms with van der Waals surface area (Å²) in [6.45, 7) is 9.24. The fourth-order valence-electron chi connectivity index (χ4n) is 3.43. The van der Waals surface area contributed by atoms with Gasteiger partial charge in [0, 0.05) is 12.1 Å². The molecule has 2 heteroatoms. The molecule has 0 spiro atoms. The highest BCUT2D eigenvalue weighted by Crippen LogP contribution is 2.35. The molecule has 1 aromatic rings. The third kappa shape index (κ3) is 4.81. The second-order valence-electron chi connectivity index (χ2n) is 7.73. The zero-order chi connectivity index (χ0) is 15.5. The van der Waals surface area contributed by atoms with Crippen molar-refractivity contribution in [1.82, 2.24) is 5.32 Å². The molecule has 0 radical (unpaired) electrons. The maximum absolute atomic E-state index is 13.1. The zero-order valence-corrected chi connectivity index (χ0v) is 14.0. The number of hydrogen-bond donors (Lipinski definition) is 1. The van der Waals surface area contributed by atoms with Gasteiger partial charge in [0.05, 0.1) is 0 Å². The molecule has 2 rings (SSSR count). The summed E-state index contributed by atoms with van der Waals surface area (Å²) >= 11 is 0. The Kier molecular flexibility index (Phi) is 5.43. The summed E-state index contributed by atoms with van der Waals surface area (Å²) < 4.78 is 13.1. The van der Waals surface area contributed by atoms with Crippen LogP contribution in [-0.2, 0) is 0 Å². The van der Waals surface area contributed by atoms with Crippen molar-refractivity contribution in [2.45, 2.75) is 71.9 Å². The summed E-state index contributed by atoms with van der Waals surface area (Å²) in [6, 6.07) is 7.90. The molecule has 0 saturated heterocycles. The summed E-state index contributed by atoms with van der Waals surface area (Å²) in [4.78, 5) is 0. The fraction of sp³-hybridized carbons (Fsp3) is 0.684. The lowest BCUT2D eigenvalue weighted by Gasteiger charge is -2.29. The molecule has 1 aromatic carbocycles. The summed E-state index contributed by atoms with van der Waals surface area (Å²) in [5, 5.41) is 3.85. The Hall–Kier alpha value is -0.890. The van der Waals surface area contributed by atoms with Crippen LogP contribution in [-0.4, -0.2) is 6.04 Å². The molecule has 2 unspecified atom stereocenters. The van der Waals surface area contributed by atoms with Crippen LogP contribution in [0.25, 0.3) is 0 Å². The van der Waals surface area contributed by atoms with Crippen LogP contribution in [0.4, 0.5) is 4.39 Å².